The summed E-state index contributed by atoms with van der Waals surface area (Å²) in [6.07, 6.45) is 0. The van der Waals surface area contributed by atoms with Crippen molar-refractivity contribution in [2.75, 3.05) is 11.9 Å². The van der Waals surface area contributed by atoms with Crippen molar-refractivity contribution in [3.63, 3.8) is 0 Å². The zero-order chi connectivity index (χ0) is 18.7. The Labute approximate surface area is 148 Å². The molecule has 0 aliphatic rings. The number of anilines is 1. The van der Waals surface area contributed by atoms with Crippen LogP contribution in [0, 0.1) is 0 Å². The second-order valence-electron chi connectivity index (χ2n) is 5.56. The van der Waals surface area contributed by atoms with Crippen LogP contribution in [-0.2, 0) is 11.8 Å². The largest absolute Gasteiger partial charge is 0.484 e. The molecule has 0 fully saturated rings. The molecular weight excluding hydrogens is 336 g/mol. The van der Waals surface area contributed by atoms with Gasteiger partial charge < -0.3 is 15.8 Å². The Morgan fingerprint density at radius 3 is 2.42 bits per heavy atom. The van der Waals surface area contributed by atoms with Crippen LogP contribution >= 0.6 is 0 Å². The van der Waals surface area contributed by atoms with Crippen molar-refractivity contribution in [2.24, 2.45) is 12.8 Å². The standard InChI is InChI=1S/C18H16N4O4/c1-22-18(25)14-5-3-2-4-13(14)16(21-22)17(24)20-11-6-8-12(9-7-11)26-10-15(19)23/h2-9H,10H2,1H3,(H2,19,23)(H,20,24). The maximum atomic E-state index is 12.6. The summed E-state index contributed by atoms with van der Waals surface area (Å²) in [6, 6.07) is 13.3. The van der Waals surface area contributed by atoms with Gasteiger partial charge in [0, 0.05) is 18.1 Å². The Kier molecular flexibility index (Phi) is 4.66. The molecule has 8 nitrogen and oxygen atoms in total. The molecular formula is C18H16N4O4. The average molecular weight is 352 g/mol. The second kappa shape index (κ2) is 7.06. The first-order valence-corrected chi connectivity index (χ1v) is 7.74. The van der Waals surface area contributed by atoms with Gasteiger partial charge in [0.05, 0.1) is 5.39 Å². The van der Waals surface area contributed by atoms with Crippen LogP contribution in [0.25, 0.3) is 10.8 Å². The maximum Gasteiger partial charge on any atom is 0.276 e. The zero-order valence-electron chi connectivity index (χ0n) is 13.9. The zero-order valence-corrected chi connectivity index (χ0v) is 13.9. The first-order valence-electron chi connectivity index (χ1n) is 7.74. The third-order valence-electron chi connectivity index (χ3n) is 3.66. The summed E-state index contributed by atoms with van der Waals surface area (Å²) in [5.41, 5.74) is 5.41. The van der Waals surface area contributed by atoms with Gasteiger partial charge in [-0.25, -0.2) is 4.68 Å². The summed E-state index contributed by atoms with van der Waals surface area (Å²) < 4.78 is 6.30. The third kappa shape index (κ3) is 3.54. The van der Waals surface area contributed by atoms with E-state index in [9.17, 15) is 14.4 Å². The lowest BCUT2D eigenvalue weighted by molar-refractivity contribution is -0.119. The highest BCUT2D eigenvalue weighted by molar-refractivity contribution is 6.11. The first-order chi connectivity index (χ1) is 12.5. The molecule has 0 aliphatic carbocycles. The maximum absolute atomic E-state index is 12.6. The van der Waals surface area contributed by atoms with E-state index < -0.39 is 11.8 Å². The molecule has 0 radical (unpaired) electrons. The van der Waals surface area contributed by atoms with E-state index in [2.05, 4.69) is 10.4 Å². The van der Waals surface area contributed by atoms with Crippen molar-refractivity contribution in [2.45, 2.75) is 0 Å². The molecule has 8 heteroatoms. The Morgan fingerprint density at radius 1 is 1.12 bits per heavy atom. The molecule has 1 aromatic heterocycles. The number of nitrogens with zero attached hydrogens (tertiary/aromatic N) is 2. The monoisotopic (exact) mass is 352 g/mol. The molecule has 0 aliphatic heterocycles. The fourth-order valence-corrected chi connectivity index (χ4v) is 2.45. The molecule has 132 valence electrons. The number of ether oxygens (including phenoxy) is 1. The number of nitrogens with two attached hydrogens (primary N) is 1. The summed E-state index contributed by atoms with van der Waals surface area (Å²) in [5, 5.41) is 7.71. The Balaban J connectivity index is 1.85. The van der Waals surface area contributed by atoms with E-state index in [0.717, 1.165) is 4.68 Å². The second-order valence-corrected chi connectivity index (χ2v) is 5.56. The molecule has 3 rings (SSSR count). The van der Waals surface area contributed by atoms with E-state index in [4.69, 9.17) is 10.5 Å². The number of benzene rings is 2. The van der Waals surface area contributed by atoms with Crippen molar-refractivity contribution in [3.05, 3.63) is 64.6 Å². The van der Waals surface area contributed by atoms with E-state index in [1.807, 2.05) is 0 Å². The summed E-state index contributed by atoms with van der Waals surface area (Å²) in [6.45, 7) is -0.223. The van der Waals surface area contributed by atoms with Crippen LogP contribution in [0.4, 0.5) is 5.69 Å². The van der Waals surface area contributed by atoms with Gasteiger partial charge in [-0.2, -0.15) is 5.10 Å². The van der Waals surface area contributed by atoms with Gasteiger partial charge in [0.15, 0.2) is 12.3 Å². The van der Waals surface area contributed by atoms with E-state index in [1.165, 1.54) is 7.05 Å². The molecule has 0 atom stereocenters. The lowest BCUT2D eigenvalue weighted by atomic mass is 10.1. The fraction of sp³-hybridized carbons (Fsp3) is 0.111. The van der Waals surface area contributed by atoms with Gasteiger partial charge in [0.2, 0.25) is 0 Å². The topological polar surface area (TPSA) is 116 Å². The minimum atomic E-state index is -0.574. The predicted octanol–water partition coefficient (Wildman–Crippen LogP) is 1.05. The highest BCUT2D eigenvalue weighted by atomic mass is 16.5. The number of carbonyl (C=O) groups is 2. The van der Waals surface area contributed by atoms with Crippen LogP contribution in [0.1, 0.15) is 10.5 Å². The molecule has 3 N–H and O–H groups in total. The molecule has 2 amide bonds. The SMILES string of the molecule is Cn1nc(C(=O)Nc2ccc(OCC(N)=O)cc2)c2ccccc2c1=O. The van der Waals surface area contributed by atoms with Gasteiger partial charge in [-0.05, 0) is 30.3 Å². The summed E-state index contributed by atoms with van der Waals surface area (Å²) >= 11 is 0. The van der Waals surface area contributed by atoms with Crippen LogP contribution in [0.15, 0.2) is 53.3 Å². The Hall–Kier alpha value is -3.68. The van der Waals surface area contributed by atoms with Crippen molar-refractivity contribution in [1.82, 2.24) is 9.78 Å². The number of amides is 2. The average Bonchev–Trinajstić information content (AvgIpc) is 2.64. The number of primary amides is 1. The minimum Gasteiger partial charge on any atom is -0.484 e. The highest BCUT2D eigenvalue weighted by Gasteiger charge is 2.15. The molecule has 0 spiro atoms. The van der Waals surface area contributed by atoms with Gasteiger partial charge in [0.25, 0.3) is 17.4 Å². The molecule has 26 heavy (non-hydrogen) atoms. The summed E-state index contributed by atoms with van der Waals surface area (Å²) in [7, 11) is 1.50. The van der Waals surface area contributed by atoms with Crippen molar-refractivity contribution >= 4 is 28.3 Å². The third-order valence-corrected chi connectivity index (χ3v) is 3.66. The smallest absolute Gasteiger partial charge is 0.276 e. The number of hydrogen-bond acceptors (Lipinski definition) is 5. The quantitative estimate of drug-likeness (QED) is 0.712. The molecule has 1 heterocycles. The number of carbonyl (C=O) groups excluding carboxylic acids is 2. The first kappa shape index (κ1) is 17.2. The number of aryl methyl sites for hydroxylation is 1. The van der Waals surface area contributed by atoms with E-state index in [-0.39, 0.29) is 17.9 Å². The molecule has 0 unspecified atom stereocenters. The van der Waals surface area contributed by atoms with Crippen molar-refractivity contribution < 1.29 is 14.3 Å². The van der Waals surface area contributed by atoms with E-state index >= 15 is 0 Å². The van der Waals surface area contributed by atoms with E-state index in [0.29, 0.717) is 22.2 Å². The van der Waals surface area contributed by atoms with Crippen LogP contribution in [-0.4, -0.2) is 28.2 Å². The van der Waals surface area contributed by atoms with Gasteiger partial charge in [0.1, 0.15) is 5.75 Å². The van der Waals surface area contributed by atoms with Gasteiger partial charge in [-0.3, -0.25) is 14.4 Å². The summed E-state index contributed by atoms with van der Waals surface area (Å²) in [5.74, 6) is -0.565. The molecule has 3 aromatic rings. The highest BCUT2D eigenvalue weighted by Crippen LogP contribution is 2.18. The van der Waals surface area contributed by atoms with Crippen LogP contribution in [0.5, 0.6) is 5.75 Å². The molecule has 0 saturated heterocycles. The van der Waals surface area contributed by atoms with Gasteiger partial charge in [-0.1, -0.05) is 18.2 Å². The van der Waals surface area contributed by atoms with Crippen molar-refractivity contribution in [1.29, 1.82) is 0 Å². The normalized spacial score (nSPS) is 10.5. The number of fused-ring (bicyclic) bond motifs is 1. The van der Waals surface area contributed by atoms with Gasteiger partial charge >= 0.3 is 0 Å². The van der Waals surface area contributed by atoms with Crippen LogP contribution < -0.4 is 21.3 Å². The lowest BCUT2D eigenvalue weighted by Crippen LogP contribution is -2.25. The predicted molar refractivity (Wildman–Crippen MR) is 96.1 cm³/mol. The van der Waals surface area contributed by atoms with Gasteiger partial charge in [-0.15, -0.1) is 0 Å². The van der Waals surface area contributed by atoms with Crippen molar-refractivity contribution in [3.8, 4) is 5.75 Å². The summed E-state index contributed by atoms with van der Waals surface area (Å²) in [4.78, 5) is 35.4. The number of rotatable bonds is 5. The van der Waals surface area contributed by atoms with Crippen LogP contribution in [0.3, 0.4) is 0 Å². The molecule has 0 bridgehead atoms. The minimum absolute atomic E-state index is 0.150. The fourth-order valence-electron chi connectivity index (χ4n) is 2.45. The van der Waals surface area contributed by atoms with E-state index in [1.54, 1.807) is 48.5 Å². The number of aromatic nitrogens is 2. The number of nitrogens with one attached hydrogen (secondary N) is 1. The lowest BCUT2D eigenvalue weighted by Gasteiger charge is -2.09. The molecule has 2 aromatic carbocycles. The Morgan fingerprint density at radius 2 is 1.77 bits per heavy atom. The van der Waals surface area contributed by atoms with Crippen LogP contribution in [0.2, 0.25) is 0 Å². The Bertz CT molecular complexity index is 1040. The number of hydrogen-bond donors (Lipinski definition) is 2. The molecule has 0 saturated carbocycles.